The number of rotatable bonds is 6. The largest absolute Gasteiger partial charge is 0.445 e. The molecule has 2 aromatic rings. The van der Waals surface area contributed by atoms with Crippen LogP contribution in [0.15, 0.2) is 54.6 Å². The summed E-state index contributed by atoms with van der Waals surface area (Å²) in [5.41, 5.74) is 1.29. The molecule has 1 aliphatic heterocycles. The number of benzene rings is 2. The van der Waals surface area contributed by atoms with Crippen molar-refractivity contribution in [1.82, 2.24) is 10.2 Å². The molecule has 200 valence electrons. The van der Waals surface area contributed by atoms with Crippen LogP contribution in [0.5, 0.6) is 0 Å². The van der Waals surface area contributed by atoms with E-state index in [9.17, 15) is 14.4 Å². The molecule has 1 heterocycles. The van der Waals surface area contributed by atoms with E-state index in [0.717, 1.165) is 11.3 Å². The highest BCUT2D eigenvalue weighted by Crippen LogP contribution is 2.25. The van der Waals surface area contributed by atoms with Gasteiger partial charge in [-0.2, -0.15) is 0 Å². The zero-order valence-corrected chi connectivity index (χ0v) is 22.7. The van der Waals surface area contributed by atoms with E-state index in [0.29, 0.717) is 31.7 Å². The van der Waals surface area contributed by atoms with Gasteiger partial charge in [0.05, 0.1) is 0 Å². The lowest BCUT2D eigenvalue weighted by Crippen LogP contribution is -2.50. The molecule has 2 amide bonds. The maximum Gasteiger partial charge on any atom is 0.410 e. The number of hydrogen-bond acceptors (Lipinski definition) is 6. The van der Waals surface area contributed by atoms with Crippen LogP contribution in [0.2, 0.25) is 0 Å². The Labute approximate surface area is 219 Å². The second-order valence-corrected chi connectivity index (χ2v) is 11.4. The summed E-state index contributed by atoms with van der Waals surface area (Å²) in [7, 11) is 0. The molecule has 1 N–H and O–H groups in total. The molecule has 2 aromatic carbocycles. The van der Waals surface area contributed by atoms with Gasteiger partial charge < -0.3 is 24.6 Å². The molecule has 0 saturated carbocycles. The minimum Gasteiger partial charge on any atom is -0.445 e. The zero-order valence-electron chi connectivity index (χ0n) is 22.7. The predicted octanol–water partition coefficient (Wildman–Crippen LogP) is 5.27. The lowest BCUT2D eigenvalue weighted by atomic mass is 9.82. The lowest BCUT2D eigenvalue weighted by molar-refractivity contribution is 0.0446. The minimum atomic E-state index is -0.737. The van der Waals surface area contributed by atoms with Gasteiger partial charge in [-0.3, -0.25) is 4.79 Å². The summed E-state index contributed by atoms with van der Waals surface area (Å²) >= 11 is 0. The number of carbonyl (C=O) groups is 3. The third-order valence-corrected chi connectivity index (χ3v) is 6.05. The van der Waals surface area contributed by atoms with E-state index in [-0.39, 0.29) is 18.5 Å². The summed E-state index contributed by atoms with van der Waals surface area (Å²) in [5, 5.41) is 2.76. The molecular formula is C29H39N3O5. The summed E-state index contributed by atoms with van der Waals surface area (Å²) in [6, 6.07) is 16.3. The third-order valence-electron chi connectivity index (χ3n) is 6.05. The first-order chi connectivity index (χ1) is 17.3. The molecular weight excluding hydrogens is 470 g/mol. The Hall–Kier alpha value is -3.55. The Bertz CT molecular complexity index is 1060. The molecule has 1 unspecified atom stereocenters. The van der Waals surface area contributed by atoms with Crippen molar-refractivity contribution in [3.05, 3.63) is 65.7 Å². The molecule has 1 saturated heterocycles. The third kappa shape index (κ3) is 8.23. The van der Waals surface area contributed by atoms with Crippen LogP contribution in [0.3, 0.4) is 0 Å². The smallest absolute Gasteiger partial charge is 0.410 e. The molecule has 1 atom stereocenters. The molecule has 8 heteroatoms. The van der Waals surface area contributed by atoms with Crippen LogP contribution in [-0.4, -0.2) is 60.7 Å². The Morgan fingerprint density at radius 2 is 1.46 bits per heavy atom. The van der Waals surface area contributed by atoms with Gasteiger partial charge in [0.1, 0.15) is 18.2 Å². The van der Waals surface area contributed by atoms with Crippen LogP contribution in [-0.2, 0) is 16.1 Å². The molecule has 8 nitrogen and oxygen atoms in total. The molecule has 0 aromatic heterocycles. The van der Waals surface area contributed by atoms with Crippen molar-refractivity contribution in [3.8, 4) is 0 Å². The van der Waals surface area contributed by atoms with Gasteiger partial charge in [-0.25, -0.2) is 9.59 Å². The van der Waals surface area contributed by atoms with Crippen molar-refractivity contribution in [2.24, 2.45) is 5.41 Å². The fourth-order valence-electron chi connectivity index (χ4n) is 4.06. The molecule has 0 spiro atoms. The molecule has 1 fully saturated rings. The number of hydrogen-bond donors (Lipinski definition) is 1. The van der Waals surface area contributed by atoms with Crippen LogP contribution in [0.25, 0.3) is 0 Å². The molecule has 0 radical (unpaired) electrons. The maximum atomic E-state index is 13.3. The van der Waals surface area contributed by atoms with Gasteiger partial charge in [0.2, 0.25) is 0 Å². The number of piperazine rings is 1. The van der Waals surface area contributed by atoms with Gasteiger partial charge in [0, 0.05) is 37.4 Å². The zero-order chi connectivity index (χ0) is 27.2. The van der Waals surface area contributed by atoms with Crippen molar-refractivity contribution < 1.29 is 23.9 Å². The van der Waals surface area contributed by atoms with Gasteiger partial charge >= 0.3 is 12.2 Å². The van der Waals surface area contributed by atoms with Gasteiger partial charge in [-0.15, -0.1) is 0 Å². The summed E-state index contributed by atoms with van der Waals surface area (Å²) in [6.45, 7) is 13.8. The second kappa shape index (κ2) is 11.7. The topological polar surface area (TPSA) is 88.2 Å². The van der Waals surface area contributed by atoms with E-state index in [1.54, 1.807) is 37.8 Å². The Morgan fingerprint density at radius 1 is 0.865 bits per heavy atom. The van der Waals surface area contributed by atoms with Crippen molar-refractivity contribution >= 4 is 23.7 Å². The molecule has 37 heavy (non-hydrogen) atoms. The van der Waals surface area contributed by atoms with Gasteiger partial charge in [-0.05, 0) is 56.0 Å². The molecule has 3 rings (SSSR count). The number of nitrogens with zero attached hydrogens (tertiary/aromatic N) is 2. The van der Waals surface area contributed by atoms with Crippen LogP contribution >= 0.6 is 0 Å². The number of amides is 2. The molecule has 0 aliphatic carbocycles. The van der Waals surface area contributed by atoms with Crippen LogP contribution in [0, 0.1) is 5.41 Å². The number of carbonyl (C=O) groups excluding carboxylic acids is 3. The summed E-state index contributed by atoms with van der Waals surface area (Å²) in [6.07, 6.45) is -0.923. The fraction of sp³-hybridized carbons (Fsp3) is 0.483. The van der Waals surface area contributed by atoms with E-state index in [1.807, 2.05) is 63.2 Å². The number of alkyl carbamates (subject to hydrolysis) is 1. The van der Waals surface area contributed by atoms with Crippen molar-refractivity contribution in [3.63, 3.8) is 0 Å². The number of nitrogens with one attached hydrogen (secondary N) is 1. The predicted molar refractivity (Wildman–Crippen MR) is 144 cm³/mol. The second-order valence-electron chi connectivity index (χ2n) is 11.4. The minimum absolute atomic E-state index is 0.170. The number of ether oxygens (including phenoxy) is 2. The summed E-state index contributed by atoms with van der Waals surface area (Å²) in [4.78, 5) is 42.0. The maximum absolute atomic E-state index is 13.3. The highest BCUT2D eigenvalue weighted by atomic mass is 16.6. The SMILES string of the molecule is CC(C)(C)OC(=O)NC(C(=O)c1ccc(N2CCN(C(=O)OCc3ccccc3)CC2)cc1)C(C)(C)C. The molecule has 1 aliphatic rings. The van der Waals surface area contributed by atoms with Crippen LogP contribution in [0.4, 0.5) is 15.3 Å². The molecule has 0 bridgehead atoms. The Morgan fingerprint density at radius 3 is 2.00 bits per heavy atom. The van der Waals surface area contributed by atoms with E-state index < -0.39 is 23.2 Å². The standard InChI is InChI=1S/C29H39N3O5/c1-28(2,3)25(30-26(34)37-29(4,5)6)24(33)22-12-14-23(15-13-22)31-16-18-32(19-17-31)27(35)36-20-21-10-8-7-9-11-21/h7-15,25H,16-20H2,1-6H3,(H,30,34). The average Bonchev–Trinajstić information content (AvgIpc) is 2.84. The van der Waals surface area contributed by atoms with Crippen molar-refractivity contribution in [2.75, 3.05) is 31.1 Å². The average molecular weight is 510 g/mol. The summed E-state index contributed by atoms with van der Waals surface area (Å²) < 4.78 is 10.8. The monoisotopic (exact) mass is 509 g/mol. The number of Topliss-reactive ketones (excluding diaryl/α,β-unsaturated/α-hetero) is 1. The summed E-state index contributed by atoms with van der Waals surface area (Å²) in [5.74, 6) is -0.170. The van der Waals surface area contributed by atoms with Crippen molar-refractivity contribution in [1.29, 1.82) is 0 Å². The first kappa shape index (κ1) is 28.0. The first-order valence-corrected chi connectivity index (χ1v) is 12.7. The van der Waals surface area contributed by atoms with Gasteiger partial charge in [0.25, 0.3) is 0 Å². The normalized spacial score (nSPS) is 15.1. The highest BCUT2D eigenvalue weighted by Gasteiger charge is 2.34. The number of anilines is 1. The Kier molecular flexibility index (Phi) is 8.84. The van der Waals surface area contributed by atoms with E-state index in [4.69, 9.17) is 9.47 Å². The van der Waals surface area contributed by atoms with Gasteiger partial charge in [0.15, 0.2) is 5.78 Å². The number of ketones is 1. The lowest BCUT2D eigenvalue weighted by Gasteiger charge is -2.35. The van der Waals surface area contributed by atoms with Crippen LogP contribution < -0.4 is 10.2 Å². The van der Waals surface area contributed by atoms with E-state index in [2.05, 4.69) is 10.2 Å². The fourth-order valence-corrected chi connectivity index (χ4v) is 4.06. The van der Waals surface area contributed by atoms with Crippen LogP contribution in [0.1, 0.15) is 57.5 Å². The Balaban J connectivity index is 1.56. The highest BCUT2D eigenvalue weighted by molar-refractivity contribution is 6.02. The quantitative estimate of drug-likeness (QED) is 0.534. The van der Waals surface area contributed by atoms with E-state index >= 15 is 0 Å². The van der Waals surface area contributed by atoms with Crippen molar-refractivity contribution in [2.45, 2.75) is 59.8 Å². The van der Waals surface area contributed by atoms with E-state index in [1.165, 1.54) is 0 Å². The first-order valence-electron chi connectivity index (χ1n) is 12.7. The van der Waals surface area contributed by atoms with Gasteiger partial charge in [-0.1, -0.05) is 51.1 Å².